The van der Waals surface area contributed by atoms with Crippen molar-refractivity contribution in [2.45, 2.75) is 12.8 Å². The number of carbonyl (C=O) groups is 1. The number of hydrogen-bond acceptors (Lipinski definition) is 2. The van der Waals surface area contributed by atoms with E-state index in [1.807, 2.05) is 6.07 Å². The lowest BCUT2D eigenvalue weighted by atomic mass is 10.1. The summed E-state index contributed by atoms with van der Waals surface area (Å²) in [6.45, 7) is 0.460. The van der Waals surface area contributed by atoms with E-state index in [2.05, 4.69) is 5.32 Å². The average Bonchev–Trinajstić information content (AvgIpc) is 2.22. The molecule has 3 nitrogen and oxygen atoms in total. The zero-order valence-electron chi connectivity index (χ0n) is 8.46. The van der Waals surface area contributed by atoms with Crippen molar-refractivity contribution in [2.24, 2.45) is 0 Å². The van der Waals surface area contributed by atoms with Gasteiger partial charge in [-0.15, -0.1) is 0 Å². The lowest BCUT2D eigenvalue weighted by molar-refractivity contribution is -0.120. The highest BCUT2D eigenvalue weighted by Crippen LogP contribution is 2.20. The van der Waals surface area contributed by atoms with Crippen LogP contribution in [0, 0.1) is 11.3 Å². The van der Waals surface area contributed by atoms with Crippen molar-refractivity contribution >= 4 is 29.1 Å². The van der Waals surface area contributed by atoms with Crippen molar-refractivity contribution in [1.82, 2.24) is 5.32 Å². The fourth-order valence-corrected chi connectivity index (χ4v) is 1.70. The number of nitrogens with zero attached hydrogens (tertiary/aromatic N) is 1. The van der Waals surface area contributed by atoms with Gasteiger partial charge in [-0.25, -0.2) is 0 Å². The summed E-state index contributed by atoms with van der Waals surface area (Å²) in [5.41, 5.74) is 0.920. The third kappa shape index (κ3) is 4.09. The molecule has 1 N–H and O–H groups in total. The molecule has 0 aliphatic heterocycles. The molecule has 0 radical (unpaired) electrons. The maximum Gasteiger partial charge on any atom is 0.234 e. The molecule has 0 aromatic heterocycles. The van der Waals surface area contributed by atoms with E-state index in [4.69, 9.17) is 28.5 Å². The van der Waals surface area contributed by atoms with Gasteiger partial charge in [0.2, 0.25) is 5.91 Å². The molecule has 1 aromatic rings. The Morgan fingerprint density at radius 3 is 2.81 bits per heavy atom. The Morgan fingerprint density at radius 1 is 1.44 bits per heavy atom. The van der Waals surface area contributed by atoms with E-state index in [0.29, 0.717) is 23.0 Å². The number of rotatable bonds is 4. The first-order chi connectivity index (χ1) is 7.63. The standard InChI is InChI=1S/C11H10Cl2N2O/c12-9-2-1-8(10(13)7-9)4-6-15-11(16)3-5-14/h1-2,7H,3-4,6H2,(H,15,16). The monoisotopic (exact) mass is 256 g/mol. The van der Waals surface area contributed by atoms with Crippen molar-refractivity contribution in [1.29, 1.82) is 5.26 Å². The minimum Gasteiger partial charge on any atom is -0.355 e. The van der Waals surface area contributed by atoms with Gasteiger partial charge in [0.1, 0.15) is 6.42 Å². The Bertz CT molecular complexity index is 426. The van der Waals surface area contributed by atoms with Crippen LogP contribution in [0.4, 0.5) is 0 Å². The number of amides is 1. The molecule has 5 heteroatoms. The highest BCUT2D eigenvalue weighted by Gasteiger charge is 2.03. The van der Waals surface area contributed by atoms with Gasteiger partial charge in [-0.3, -0.25) is 4.79 Å². The van der Waals surface area contributed by atoms with Gasteiger partial charge in [-0.2, -0.15) is 5.26 Å². The van der Waals surface area contributed by atoms with E-state index in [0.717, 1.165) is 5.56 Å². The predicted molar refractivity (Wildman–Crippen MR) is 63.4 cm³/mol. The van der Waals surface area contributed by atoms with Crippen LogP contribution in [0.25, 0.3) is 0 Å². The molecule has 0 spiro atoms. The highest BCUT2D eigenvalue weighted by molar-refractivity contribution is 6.35. The molecular weight excluding hydrogens is 247 g/mol. The predicted octanol–water partition coefficient (Wildman–Crippen LogP) is 2.57. The van der Waals surface area contributed by atoms with Gasteiger partial charge in [-0.05, 0) is 24.1 Å². The molecule has 0 fully saturated rings. The number of halogens is 2. The van der Waals surface area contributed by atoms with Crippen molar-refractivity contribution in [3.63, 3.8) is 0 Å². The number of hydrogen-bond donors (Lipinski definition) is 1. The van der Waals surface area contributed by atoms with Crippen LogP contribution in [0.15, 0.2) is 18.2 Å². The van der Waals surface area contributed by atoms with Crippen molar-refractivity contribution in [2.75, 3.05) is 6.54 Å². The van der Waals surface area contributed by atoms with E-state index in [1.54, 1.807) is 18.2 Å². The maximum absolute atomic E-state index is 11.0. The molecule has 0 heterocycles. The van der Waals surface area contributed by atoms with Gasteiger partial charge in [0.05, 0.1) is 6.07 Å². The summed E-state index contributed by atoms with van der Waals surface area (Å²) in [5, 5.41) is 12.1. The zero-order valence-corrected chi connectivity index (χ0v) is 9.98. The molecule has 0 aliphatic rings. The lowest BCUT2D eigenvalue weighted by Crippen LogP contribution is -2.24. The molecular formula is C11H10Cl2N2O. The molecule has 84 valence electrons. The molecule has 0 atom stereocenters. The first kappa shape index (κ1) is 12.8. The topological polar surface area (TPSA) is 52.9 Å². The molecule has 1 amide bonds. The number of nitrogens with one attached hydrogen (secondary N) is 1. The molecule has 0 aliphatic carbocycles. The van der Waals surface area contributed by atoms with Gasteiger partial charge in [0.15, 0.2) is 0 Å². The molecule has 1 aromatic carbocycles. The summed E-state index contributed by atoms with van der Waals surface area (Å²) in [5.74, 6) is -0.271. The van der Waals surface area contributed by atoms with E-state index >= 15 is 0 Å². The van der Waals surface area contributed by atoms with Gasteiger partial charge in [0, 0.05) is 16.6 Å². The highest BCUT2D eigenvalue weighted by atomic mass is 35.5. The normalized spacial score (nSPS) is 9.56. The van der Waals surface area contributed by atoms with Crippen LogP contribution in [-0.2, 0) is 11.2 Å². The van der Waals surface area contributed by atoms with Gasteiger partial charge in [0.25, 0.3) is 0 Å². The van der Waals surface area contributed by atoms with Gasteiger partial charge >= 0.3 is 0 Å². The Balaban J connectivity index is 2.44. The van der Waals surface area contributed by atoms with E-state index in [-0.39, 0.29) is 12.3 Å². The Labute approximate surface area is 104 Å². The summed E-state index contributed by atoms with van der Waals surface area (Å²) in [6, 6.07) is 7.01. The lowest BCUT2D eigenvalue weighted by Gasteiger charge is -2.05. The fourth-order valence-electron chi connectivity index (χ4n) is 1.20. The van der Waals surface area contributed by atoms with Crippen LogP contribution in [0.2, 0.25) is 10.0 Å². The summed E-state index contributed by atoms with van der Waals surface area (Å²) in [4.78, 5) is 11.0. The third-order valence-corrected chi connectivity index (χ3v) is 2.56. The van der Waals surface area contributed by atoms with Crippen LogP contribution in [0.1, 0.15) is 12.0 Å². The third-order valence-electron chi connectivity index (χ3n) is 1.97. The smallest absolute Gasteiger partial charge is 0.234 e. The van der Waals surface area contributed by atoms with E-state index in [1.165, 1.54) is 0 Å². The molecule has 16 heavy (non-hydrogen) atoms. The van der Waals surface area contributed by atoms with E-state index in [9.17, 15) is 4.79 Å². The minimum absolute atomic E-state index is 0.117. The summed E-state index contributed by atoms with van der Waals surface area (Å²) in [7, 11) is 0. The van der Waals surface area contributed by atoms with Gasteiger partial charge in [-0.1, -0.05) is 29.3 Å². The Kier molecular flexibility index (Phi) is 5.10. The molecule has 1 rings (SSSR count). The molecule has 0 saturated heterocycles. The van der Waals surface area contributed by atoms with Crippen LogP contribution >= 0.6 is 23.2 Å². The van der Waals surface area contributed by atoms with Crippen LogP contribution in [-0.4, -0.2) is 12.5 Å². The molecule has 0 unspecified atom stereocenters. The van der Waals surface area contributed by atoms with Crippen LogP contribution < -0.4 is 5.32 Å². The summed E-state index contributed by atoms with van der Waals surface area (Å²) < 4.78 is 0. The second kappa shape index (κ2) is 6.37. The van der Waals surface area contributed by atoms with Crippen LogP contribution in [0.3, 0.4) is 0 Å². The first-order valence-corrected chi connectivity index (χ1v) is 5.46. The fraction of sp³-hybridized carbons (Fsp3) is 0.273. The molecule has 0 saturated carbocycles. The SMILES string of the molecule is N#CCC(=O)NCCc1ccc(Cl)cc1Cl. The van der Waals surface area contributed by atoms with Crippen molar-refractivity contribution in [3.05, 3.63) is 33.8 Å². The second-order valence-electron chi connectivity index (χ2n) is 3.17. The maximum atomic E-state index is 11.0. The Morgan fingerprint density at radius 2 is 2.19 bits per heavy atom. The average molecular weight is 257 g/mol. The largest absolute Gasteiger partial charge is 0.355 e. The number of nitriles is 1. The number of benzene rings is 1. The summed E-state index contributed by atoms with van der Waals surface area (Å²) in [6.07, 6.45) is 0.502. The quantitative estimate of drug-likeness (QED) is 0.901. The number of carbonyl (C=O) groups excluding carboxylic acids is 1. The van der Waals surface area contributed by atoms with E-state index < -0.39 is 0 Å². The second-order valence-corrected chi connectivity index (χ2v) is 4.01. The summed E-state index contributed by atoms with van der Waals surface area (Å²) >= 11 is 11.7. The first-order valence-electron chi connectivity index (χ1n) is 4.71. The molecule has 0 bridgehead atoms. The van der Waals surface area contributed by atoms with Crippen LogP contribution in [0.5, 0.6) is 0 Å². The van der Waals surface area contributed by atoms with Crippen molar-refractivity contribution < 1.29 is 4.79 Å². The Hall–Kier alpha value is -1.24. The zero-order chi connectivity index (χ0) is 12.0. The minimum atomic E-state index is -0.271. The van der Waals surface area contributed by atoms with Crippen molar-refractivity contribution in [3.8, 4) is 6.07 Å². The van der Waals surface area contributed by atoms with Gasteiger partial charge < -0.3 is 5.32 Å².